The molecule has 0 atom stereocenters. The fourth-order valence-corrected chi connectivity index (χ4v) is 4.57. The molecule has 28 heavy (non-hydrogen) atoms. The third-order valence-electron chi connectivity index (χ3n) is 6.18. The summed E-state index contributed by atoms with van der Waals surface area (Å²) in [6.45, 7) is 8.03. The summed E-state index contributed by atoms with van der Waals surface area (Å²) in [6, 6.07) is 7.74. The summed E-state index contributed by atoms with van der Waals surface area (Å²) < 4.78 is 5.63. The Balaban J connectivity index is 1.43. The summed E-state index contributed by atoms with van der Waals surface area (Å²) >= 11 is 0. The number of hydrogen-bond donors (Lipinski definition) is 2. The summed E-state index contributed by atoms with van der Waals surface area (Å²) in [5.41, 5.74) is 2.43. The SMILES string of the molecule is CCOc1ccc(CNC(=NC)NC2CCN(C3CCCCC3)CC2)cc1C. The van der Waals surface area contributed by atoms with Crippen LogP contribution in [0, 0.1) is 6.92 Å². The Morgan fingerprint density at radius 2 is 1.89 bits per heavy atom. The molecule has 0 spiro atoms. The second kappa shape index (κ2) is 10.7. The number of nitrogens with zero attached hydrogens (tertiary/aromatic N) is 2. The molecule has 1 saturated carbocycles. The van der Waals surface area contributed by atoms with Gasteiger partial charge < -0.3 is 20.3 Å². The maximum atomic E-state index is 5.63. The van der Waals surface area contributed by atoms with Gasteiger partial charge in [0.1, 0.15) is 5.75 Å². The third kappa shape index (κ3) is 5.87. The predicted octanol–water partition coefficient (Wildman–Crippen LogP) is 3.86. The molecular weight excluding hydrogens is 348 g/mol. The molecule has 1 aromatic carbocycles. The Bertz CT molecular complexity index is 631. The molecule has 1 aromatic rings. The average Bonchev–Trinajstić information content (AvgIpc) is 2.74. The fourth-order valence-electron chi connectivity index (χ4n) is 4.57. The molecule has 0 aromatic heterocycles. The first-order chi connectivity index (χ1) is 13.7. The molecule has 1 aliphatic carbocycles. The van der Waals surface area contributed by atoms with Gasteiger partial charge in [-0.05, 0) is 56.7 Å². The topological polar surface area (TPSA) is 48.9 Å². The van der Waals surface area contributed by atoms with Gasteiger partial charge in [0, 0.05) is 38.8 Å². The molecule has 5 heteroatoms. The molecule has 2 aliphatic rings. The largest absolute Gasteiger partial charge is 0.494 e. The number of piperidine rings is 1. The minimum atomic E-state index is 0.521. The summed E-state index contributed by atoms with van der Waals surface area (Å²) in [4.78, 5) is 7.16. The second-order valence-corrected chi connectivity index (χ2v) is 8.21. The molecule has 156 valence electrons. The smallest absolute Gasteiger partial charge is 0.191 e. The zero-order chi connectivity index (χ0) is 19.8. The number of likely N-dealkylation sites (tertiary alicyclic amines) is 1. The van der Waals surface area contributed by atoms with Gasteiger partial charge in [-0.1, -0.05) is 31.4 Å². The van der Waals surface area contributed by atoms with E-state index in [0.717, 1.165) is 24.3 Å². The van der Waals surface area contributed by atoms with Crippen molar-refractivity contribution in [1.82, 2.24) is 15.5 Å². The number of benzene rings is 1. The van der Waals surface area contributed by atoms with E-state index in [0.29, 0.717) is 12.6 Å². The summed E-state index contributed by atoms with van der Waals surface area (Å²) in [6.07, 6.45) is 9.50. The van der Waals surface area contributed by atoms with Gasteiger partial charge >= 0.3 is 0 Å². The minimum absolute atomic E-state index is 0.521. The average molecular weight is 387 g/mol. The zero-order valence-corrected chi connectivity index (χ0v) is 18.0. The number of hydrogen-bond acceptors (Lipinski definition) is 3. The normalized spacial score (nSPS) is 20.2. The highest BCUT2D eigenvalue weighted by molar-refractivity contribution is 5.80. The molecule has 0 bridgehead atoms. The first kappa shape index (κ1) is 21.0. The van der Waals surface area contributed by atoms with Crippen LogP contribution in [0.5, 0.6) is 5.75 Å². The molecule has 1 saturated heterocycles. The second-order valence-electron chi connectivity index (χ2n) is 8.21. The van der Waals surface area contributed by atoms with Gasteiger partial charge in [-0.2, -0.15) is 0 Å². The van der Waals surface area contributed by atoms with E-state index in [1.54, 1.807) is 0 Å². The molecule has 1 heterocycles. The quantitative estimate of drug-likeness (QED) is 0.576. The van der Waals surface area contributed by atoms with Crippen LogP contribution in [0.4, 0.5) is 0 Å². The number of nitrogens with one attached hydrogen (secondary N) is 2. The molecule has 0 unspecified atom stereocenters. The molecule has 0 radical (unpaired) electrons. The van der Waals surface area contributed by atoms with E-state index in [9.17, 15) is 0 Å². The Labute approximate surface area is 170 Å². The molecule has 2 fully saturated rings. The lowest BCUT2D eigenvalue weighted by atomic mass is 9.92. The van der Waals surface area contributed by atoms with E-state index in [1.807, 2.05) is 14.0 Å². The van der Waals surface area contributed by atoms with Crippen molar-refractivity contribution in [3.8, 4) is 5.75 Å². The Hall–Kier alpha value is -1.75. The molecular formula is C23H38N4O. The maximum absolute atomic E-state index is 5.63. The van der Waals surface area contributed by atoms with E-state index >= 15 is 0 Å². The molecule has 1 aliphatic heterocycles. The number of guanidine groups is 1. The first-order valence-corrected chi connectivity index (χ1v) is 11.1. The van der Waals surface area contributed by atoms with Crippen molar-refractivity contribution in [2.45, 2.75) is 77.4 Å². The predicted molar refractivity (Wildman–Crippen MR) is 117 cm³/mol. The van der Waals surface area contributed by atoms with Crippen LogP contribution in [-0.4, -0.2) is 49.7 Å². The van der Waals surface area contributed by atoms with Crippen molar-refractivity contribution in [2.24, 2.45) is 4.99 Å². The Morgan fingerprint density at radius 3 is 2.54 bits per heavy atom. The number of aryl methyl sites for hydroxylation is 1. The first-order valence-electron chi connectivity index (χ1n) is 11.1. The van der Waals surface area contributed by atoms with Crippen molar-refractivity contribution < 1.29 is 4.74 Å². The fraction of sp³-hybridized carbons (Fsp3) is 0.696. The van der Waals surface area contributed by atoms with Crippen LogP contribution in [0.3, 0.4) is 0 Å². The van der Waals surface area contributed by atoms with E-state index in [4.69, 9.17) is 4.74 Å². The van der Waals surface area contributed by atoms with Crippen LogP contribution in [0.15, 0.2) is 23.2 Å². The van der Waals surface area contributed by atoms with Crippen molar-refractivity contribution in [3.05, 3.63) is 29.3 Å². The lowest BCUT2D eigenvalue weighted by Crippen LogP contribution is -2.50. The van der Waals surface area contributed by atoms with Crippen molar-refractivity contribution in [1.29, 1.82) is 0 Å². The van der Waals surface area contributed by atoms with Gasteiger partial charge in [0.15, 0.2) is 5.96 Å². The van der Waals surface area contributed by atoms with Crippen LogP contribution < -0.4 is 15.4 Å². The Kier molecular flexibility index (Phi) is 8.01. The number of ether oxygens (including phenoxy) is 1. The summed E-state index contributed by atoms with van der Waals surface area (Å²) in [5, 5.41) is 7.10. The van der Waals surface area contributed by atoms with Gasteiger partial charge in [-0.15, -0.1) is 0 Å². The lowest BCUT2D eigenvalue weighted by molar-refractivity contribution is 0.119. The zero-order valence-electron chi connectivity index (χ0n) is 18.0. The van der Waals surface area contributed by atoms with Gasteiger partial charge in [-0.3, -0.25) is 4.99 Å². The summed E-state index contributed by atoms with van der Waals surface area (Å²) in [5.74, 6) is 1.88. The van der Waals surface area contributed by atoms with Crippen LogP contribution in [0.25, 0.3) is 0 Å². The molecule has 5 nitrogen and oxygen atoms in total. The van der Waals surface area contributed by atoms with E-state index < -0.39 is 0 Å². The van der Waals surface area contributed by atoms with Crippen molar-refractivity contribution in [2.75, 3.05) is 26.7 Å². The number of rotatable bonds is 6. The van der Waals surface area contributed by atoms with Crippen molar-refractivity contribution in [3.63, 3.8) is 0 Å². The number of aliphatic imine (C=N–C) groups is 1. The maximum Gasteiger partial charge on any atom is 0.191 e. The summed E-state index contributed by atoms with van der Waals surface area (Å²) in [7, 11) is 1.86. The third-order valence-corrected chi connectivity index (χ3v) is 6.18. The van der Waals surface area contributed by atoms with Crippen LogP contribution in [0.1, 0.15) is 63.0 Å². The van der Waals surface area contributed by atoms with Crippen LogP contribution in [0.2, 0.25) is 0 Å². The lowest BCUT2D eigenvalue weighted by Gasteiger charge is -2.39. The highest BCUT2D eigenvalue weighted by Crippen LogP contribution is 2.25. The monoisotopic (exact) mass is 386 g/mol. The highest BCUT2D eigenvalue weighted by Gasteiger charge is 2.26. The molecule has 3 rings (SSSR count). The van der Waals surface area contributed by atoms with E-state index in [-0.39, 0.29) is 0 Å². The van der Waals surface area contributed by atoms with Gasteiger partial charge in [0.05, 0.1) is 6.61 Å². The van der Waals surface area contributed by atoms with E-state index in [2.05, 4.69) is 45.6 Å². The van der Waals surface area contributed by atoms with Crippen LogP contribution in [-0.2, 0) is 6.54 Å². The van der Waals surface area contributed by atoms with Gasteiger partial charge in [0.2, 0.25) is 0 Å². The van der Waals surface area contributed by atoms with Crippen LogP contribution >= 0.6 is 0 Å². The van der Waals surface area contributed by atoms with Gasteiger partial charge in [0.25, 0.3) is 0 Å². The standard InChI is InChI=1S/C23H38N4O/c1-4-28-22-11-10-19(16-18(22)2)17-25-23(24-3)26-20-12-14-27(15-13-20)21-8-6-5-7-9-21/h10-11,16,20-21H,4-9,12-15,17H2,1-3H3,(H2,24,25,26). The Morgan fingerprint density at radius 1 is 1.14 bits per heavy atom. The highest BCUT2D eigenvalue weighted by atomic mass is 16.5. The minimum Gasteiger partial charge on any atom is -0.494 e. The van der Waals surface area contributed by atoms with Crippen molar-refractivity contribution >= 4 is 5.96 Å². The van der Waals surface area contributed by atoms with E-state index in [1.165, 1.54) is 69.2 Å². The molecule has 0 amide bonds. The van der Waals surface area contributed by atoms with Gasteiger partial charge in [-0.25, -0.2) is 0 Å². The molecule has 2 N–H and O–H groups in total.